The fourth-order valence-corrected chi connectivity index (χ4v) is 4.64. The Balaban J connectivity index is 1.76. The topological polar surface area (TPSA) is 106 Å². The largest absolute Gasteiger partial charge is 0.488 e. The van der Waals surface area contributed by atoms with Crippen LogP contribution in [0, 0.1) is 5.41 Å². The van der Waals surface area contributed by atoms with E-state index < -0.39 is 0 Å². The number of nitrogen functional groups attached to an aromatic ring is 1. The van der Waals surface area contributed by atoms with Gasteiger partial charge in [0, 0.05) is 30.5 Å². The number of hydrogen-bond acceptors (Lipinski definition) is 7. The molecule has 1 aromatic heterocycles. The van der Waals surface area contributed by atoms with Crippen molar-refractivity contribution in [3.05, 3.63) is 29.6 Å². The van der Waals surface area contributed by atoms with E-state index in [1.165, 1.54) is 5.56 Å². The van der Waals surface area contributed by atoms with Gasteiger partial charge < -0.3 is 25.9 Å². The number of ether oxygens (including phenoxy) is 2. The molecule has 0 bridgehead atoms. The molecule has 1 aromatic carbocycles. The lowest BCUT2D eigenvalue weighted by Gasteiger charge is -2.36. The molecule has 160 valence electrons. The fraction of sp³-hybridized carbons (Fsp3) is 0.522. The number of nitrogens with two attached hydrogens (primary N) is 1. The summed E-state index contributed by atoms with van der Waals surface area (Å²) < 4.78 is 11.7. The normalized spacial score (nSPS) is 19.7. The van der Waals surface area contributed by atoms with E-state index in [1.54, 1.807) is 13.4 Å². The van der Waals surface area contributed by atoms with Crippen LogP contribution in [0.3, 0.4) is 0 Å². The minimum absolute atomic E-state index is 0.141. The highest BCUT2D eigenvalue weighted by Crippen LogP contribution is 2.48. The summed E-state index contributed by atoms with van der Waals surface area (Å²) in [6.45, 7) is 5.68. The van der Waals surface area contributed by atoms with Gasteiger partial charge in [-0.25, -0.2) is 9.97 Å². The highest BCUT2D eigenvalue weighted by molar-refractivity contribution is 5.83. The van der Waals surface area contributed by atoms with Crippen LogP contribution in [0.2, 0.25) is 0 Å². The summed E-state index contributed by atoms with van der Waals surface area (Å²) in [5.41, 5.74) is 12.1. The third-order valence-corrected chi connectivity index (χ3v) is 6.14. The fourth-order valence-electron chi connectivity index (χ4n) is 4.64. The van der Waals surface area contributed by atoms with Crippen molar-refractivity contribution in [2.45, 2.75) is 57.5 Å². The van der Waals surface area contributed by atoms with Gasteiger partial charge in [0.05, 0.1) is 24.1 Å². The monoisotopic (exact) mass is 409 g/mol. The molecule has 2 aromatic rings. The zero-order valence-electron chi connectivity index (χ0n) is 18.0. The number of benzene rings is 1. The standard InChI is InChI=1S/C23H31N5O2/c1-23(2)12-17-16(21-19(23)22(25)28-13-27-21)8-9-18(20(17)26-10-11-29-3)30-15-6-4-14(24)5-7-15/h8-9,13,15,24,26H,4-7,10-12H2,1-3H3,(H2,25,27,28). The van der Waals surface area contributed by atoms with E-state index in [9.17, 15) is 0 Å². The van der Waals surface area contributed by atoms with Crippen molar-refractivity contribution in [1.82, 2.24) is 9.97 Å². The highest BCUT2D eigenvalue weighted by Gasteiger charge is 2.36. The minimum Gasteiger partial charge on any atom is -0.488 e. The Hall–Kier alpha value is -2.67. The molecule has 1 heterocycles. The van der Waals surface area contributed by atoms with Crippen LogP contribution in [0.25, 0.3) is 11.3 Å². The van der Waals surface area contributed by atoms with Crippen molar-refractivity contribution < 1.29 is 9.47 Å². The molecule has 0 aliphatic heterocycles. The van der Waals surface area contributed by atoms with Crippen molar-refractivity contribution in [1.29, 1.82) is 5.41 Å². The average Bonchev–Trinajstić information content (AvgIpc) is 2.71. The number of anilines is 2. The Labute approximate surface area is 177 Å². The third-order valence-electron chi connectivity index (χ3n) is 6.14. The van der Waals surface area contributed by atoms with E-state index in [0.29, 0.717) is 19.0 Å². The van der Waals surface area contributed by atoms with Crippen LogP contribution in [0.15, 0.2) is 18.5 Å². The van der Waals surface area contributed by atoms with Gasteiger partial charge in [0.25, 0.3) is 0 Å². The summed E-state index contributed by atoms with van der Waals surface area (Å²) >= 11 is 0. The number of aromatic nitrogens is 2. The zero-order chi connectivity index (χ0) is 21.3. The predicted octanol–water partition coefficient (Wildman–Crippen LogP) is 3.96. The van der Waals surface area contributed by atoms with Gasteiger partial charge in [-0.1, -0.05) is 13.8 Å². The van der Waals surface area contributed by atoms with Crippen LogP contribution in [-0.4, -0.2) is 42.0 Å². The van der Waals surface area contributed by atoms with Gasteiger partial charge in [-0.05, 0) is 55.2 Å². The van der Waals surface area contributed by atoms with Gasteiger partial charge in [0.15, 0.2) is 0 Å². The highest BCUT2D eigenvalue weighted by atomic mass is 16.5. The molecule has 1 saturated carbocycles. The molecule has 0 spiro atoms. The molecule has 30 heavy (non-hydrogen) atoms. The molecule has 7 heteroatoms. The Morgan fingerprint density at radius 2 is 2.00 bits per heavy atom. The molecule has 2 aliphatic rings. The molecule has 0 radical (unpaired) electrons. The molecule has 4 rings (SSSR count). The van der Waals surface area contributed by atoms with Gasteiger partial charge in [0.2, 0.25) is 0 Å². The second kappa shape index (κ2) is 8.22. The zero-order valence-corrected chi connectivity index (χ0v) is 18.0. The molecule has 7 nitrogen and oxygen atoms in total. The van der Waals surface area contributed by atoms with E-state index in [1.807, 2.05) is 6.07 Å². The van der Waals surface area contributed by atoms with Gasteiger partial charge in [-0.15, -0.1) is 0 Å². The second-order valence-corrected chi connectivity index (χ2v) is 8.85. The summed E-state index contributed by atoms with van der Waals surface area (Å²) in [4.78, 5) is 8.84. The average molecular weight is 410 g/mol. The number of hydrogen-bond donors (Lipinski definition) is 3. The lowest BCUT2D eigenvalue weighted by atomic mass is 9.71. The van der Waals surface area contributed by atoms with Gasteiger partial charge in [0.1, 0.15) is 17.9 Å². The first-order valence-corrected chi connectivity index (χ1v) is 10.6. The van der Waals surface area contributed by atoms with Crippen LogP contribution >= 0.6 is 0 Å². The molecule has 0 amide bonds. The minimum atomic E-state index is -0.191. The molecule has 2 aliphatic carbocycles. The van der Waals surface area contributed by atoms with E-state index in [-0.39, 0.29) is 11.5 Å². The Bertz CT molecular complexity index is 947. The van der Waals surface area contributed by atoms with Crippen molar-refractivity contribution >= 4 is 17.2 Å². The van der Waals surface area contributed by atoms with E-state index >= 15 is 0 Å². The third kappa shape index (κ3) is 3.86. The Kier molecular flexibility index (Phi) is 5.64. The number of fused-ring (bicyclic) bond motifs is 3. The Morgan fingerprint density at radius 1 is 1.23 bits per heavy atom. The van der Waals surface area contributed by atoms with Crippen molar-refractivity contribution in [3.63, 3.8) is 0 Å². The van der Waals surface area contributed by atoms with Crippen LogP contribution < -0.4 is 15.8 Å². The van der Waals surface area contributed by atoms with E-state index in [4.69, 9.17) is 20.6 Å². The van der Waals surface area contributed by atoms with E-state index in [0.717, 1.165) is 66.1 Å². The lowest BCUT2D eigenvalue weighted by Crippen LogP contribution is -2.30. The summed E-state index contributed by atoms with van der Waals surface area (Å²) in [5, 5.41) is 11.4. The summed E-state index contributed by atoms with van der Waals surface area (Å²) in [5.74, 6) is 1.42. The van der Waals surface area contributed by atoms with E-state index in [2.05, 4.69) is 35.2 Å². The number of nitrogens with one attached hydrogen (secondary N) is 2. The molecule has 0 unspecified atom stereocenters. The molecule has 0 atom stereocenters. The van der Waals surface area contributed by atoms with Gasteiger partial charge in [-0.3, -0.25) is 0 Å². The van der Waals surface area contributed by atoms with Crippen LogP contribution in [0.5, 0.6) is 5.75 Å². The van der Waals surface area contributed by atoms with Gasteiger partial charge in [-0.2, -0.15) is 0 Å². The molecule has 4 N–H and O–H groups in total. The quantitative estimate of drug-likeness (QED) is 0.624. The van der Waals surface area contributed by atoms with Crippen LogP contribution in [0.4, 0.5) is 11.5 Å². The first kappa shape index (κ1) is 20.6. The maximum absolute atomic E-state index is 7.86. The second-order valence-electron chi connectivity index (χ2n) is 8.85. The summed E-state index contributed by atoms with van der Waals surface area (Å²) in [6, 6.07) is 4.13. The lowest BCUT2D eigenvalue weighted by molar-refractivity contribution is 0.178. The van der Waals surface area contributed by atoms with Crippen molar-refractivity contribution in [2.75, 3.05) is 31.3 Å². The van der Waals surface area contributed by atoms with Crippen LogP contribution in [-0.2, 0) is 16.6 Å². The van der Waals surface area contributed by atoms with Crippen molar-refractivity contribution in [2.24, 2.45) is 0 Å². The Morgan fingerprint density at radius 3 is 2.73 bits per heavy atom. The van der Waals surface area contributed by atoms with Crippen LogP contribution in [0.1, 0.15) is 50.7 Å². The maximum Gasteiger partial charge on any atom is 0.143 e. The smallest absolute Gasteiger partial charge is 0.143 e. The first-order chi connectivity index (χ1) is 14.4. The number of rotatable bonds is 6. The number of nitrogens with zero attached hydrogens (tertiary/aromatic N) is 2. The first-order valence-electron chi connectivity index (χ1n) is 10.6. The SMILES string of the molecule is COCCNc1c(OC2CCC(=N)CC2)ccc2c1CC(C)(C)c1c(N)ncnc1-2. The molecular weight excluding hydrogens is 378 g/mol. The predicted molar refractivity (Wildman–Crippen MR) is 120 cm³/mol. The van der Waals surface area contributed by atoms with Crippen molar-refractivity contribution in [3.8, 4) is 17.0 Å². The molecule has 1 fully saturated rings. The number of methoxy groups -OCH3 is 1. The molecule has 0 saturated heterocycles. The summed E-state index contributed by atoms with van der Waals surface area (Å²) in [6.07, 6.45) is 5.92. The molecular formula is C23H31N5O2. The maximum atomic E-state index is 7.86. The summed E-state index contributed by atoms with van der Waals surface area (Å²) in [7, 11) is 1.70. The van der Waals surface area contributed by atoms with Gasteiger partial charge >= 0.3 is 0 Å².